The lowest BCUT2D eigenvalue weighted by Crippen LogP contribution is -2.33. The van der Waals surface area contributed by atoms with Crippen LogP contribution in [0.1, 0.15) is 74.4 Å². The minimum Gasteiger partial charge on any atom is -0.465 e. The molecule has 2 aromatic rings. The molecule has 1 atom stereocenters. The van der Waals surface area contributed by atoms with Gasteiger partial charge in [-0.3, -0.25) is 9.59 Å². The van der Waals surface area contributed by atoms with Crippen molar-refractivity contribution in [3.05, 3.63) is 51.5 Å². The van der Waals surface area contributed by atoms with E-state index in [2.05, 4.69) is 51.6 Å². The van der Waals surface area contributed by atoms with Gasteiger partial charge in [0.25, 0.3) is 0 Å². The summed E-state index contributed by atoms with van der Waals surface area (Å²) in [6.45, 7) is 8.76. The van der Waals surface area contributed by atoms with Crippen molar-refractivity contribution in [2.75, 3.05) is 12.9 Å². The van der Waals surface area contributed by atoms with Crippen LogP contribution < -0.4 is 5.32 Å². The quantitative estimate of drug-likeness (QED) is 0.328. The lowest BCUT2D eigenvalue weighted by atomic mass is 9.98. The number of aryl methyl sites for hydroxylation is 1. The van der Waals surface area contributed by atoms with Crippen LogP contribution in [0.15, 0.2) is 28.9 Å². The van der Waals surface area contributed by atoms with Gasteiger partial charge in [-0.2, -0.15) is 0 Å². The number of benzene rings is 1. The first-order valence-electron chi connectivity index (χ1n) is 12.0. The van der Waals surface area contributed by atoms with Crippen molar-refractivity contribution in [1.29, 1.82) is 0 Å². The van der Waals surface area contributed by atoms with E-state index in [1.807, 2.05) is 18.3 Å². The molecule has 0 aliphatic rings. The highest BCUT2D eigenvalue weighted by molar-refractivity contribution is 9.10. The Hall–Kier alpha value is -2.13. The van der Waals surface area contributed by atoms with Gasteiger partial charge < -0.3 is 14.6 Å². The zero-order valence-corrected chi connectivity index (χ0v) is 23.6. The average molecular weight is 567 g/mol. The number of esters is 1. The summed E-state index contributed by atoms with van der Waals surface area (Å²) in [5, 5.41) is 3.09. The Morgan fingerprint density at radius 3 is 2.60 bits per heavy atom. The molecule has 0 aliphatic carbocycles. The summed E-state index contributed by atoms with van der Waals surface area (Å²) in [5.41, 5.74) is 2.39. The van der Waals surface area contributed by atoms with Crippen LogP contribution in [-0.4, -0.2) is 39.4 Å². The summed E-state index contributed by atoms with van der Waals surface area (Å²) in [4.78, 5) is 41.0. The van der Waals surface area contributed by atoms with Crippen LogP contribution in [0.5, 0.6) is 0 Å². The number of rotatable bonds is 13. The molecule has 0 aliphatic heterocycles. The predicted octanol–water partition coefficient (Wildman–Crippen LogP) is 5.38. The van der Waals surface area contributed by atoms with E-state index >= 15 is 0 Å². The van der Waals surface area contributed by atoms with Gasteiger partial charge in [0.05, 0.1) is 31.1 Å². The number of methoxy groups -OCH3 is 1. The molecule has 7 nitrogen and oxygen atoms in total. The van der Waals surface area contributed by atoms with Crippen molar-refractivity contribution in [3.8, 4) is 0 Å². The summed E-state index contributed by atoms with van der Waals surface area (Å²) in [6, 6.07) is 5.56. The van der Waals surface area contributed by atoms with Gasteiger partial charge in [0.1, 0.15) is 5.82 Å². The van der Waals surface area contributed by atoms with E-state index in [9.17, 15) is 14.4 Å². The molecular formula is C26H36BrN3O4S. The van der Waals surface area contributed by atoms with Crippen LogP contribution in [-0.2, 0) is 33.8 Å². The van der Waals surface area contributed by atoms with Crippen molar-refractivity contribution in [2.45, 2.75) is 66.5 Å². The number of carbonyl (C=O) groups is 3. The fourth-order valence-corrected chi connectivity index (χ4v) is 5.11. The number of imidazole rings is 1. The van der Waals surface area contributed by atoms with Gasteiger partial charge in [-0.25, -0.2) is 9.78 Å². The molecule has 1 amide bonds. The molecule has 0 bridgehead atoms. The highest BCUT2D eigenvalue weighted by Gasteiger charge is 2.21. The van der Waals surface area contributed by atoms with Gasteiger partial charge in [0.15, 0.2) is 5.12 Å². The van der Waals surface area contributed by atoms with Crippen LogP contribution in [0.3, 0.4) is 0 Å². The maximum atomic E-state index is 13.0. The van der Waals surface area contributed by atoms with Crippen molar-refractivity contribution >= 4 is 44.7 Å². The number of thioether (sulfide) groups is 1. The van der Waals surface area contributed by atoms with Crippen LogP contribution in [0, 0.1) is 11.8 Å². The number of amides is 1. The molecule has 0 saturated carbocycles. The molecule has 1 N–H and O–H groups in total. The first-order valence-corrected chi connectivity index (χ1v) is 13.7. The number of carbonyl (C=O) groups excluding carboxylic acids is 3. The Morgan fingerprint density at radius 2 is 2.00 bits per heavy atom. The summed E-state index contributed by atoms with van der Waals surface area (Å²) in [5.74, 6) is 1.16. The van der Waals surface area contributed by atoms with Gasteiger partial charge in [-0.05, 0) is 52.4 Å². The third-order valence-electron chi connectivity index (χ3n) is 5.61. The van der Waals surface area contributed by atoms with E-state index in [4.69, 9.17) is 4.74 Å². The first kappa shape index (κ1) is 29.1. The van der Waals surface area contributed by atoms with E-state index < -0.39 is 5.97 Å². The first-order chi connectivity index (χ1) is 16.7. The normalized spacial score (nSPS) is 12.0. The second kappa shape index (κ2) is 14.4. The number of ether oxygens (including phenoxy) is 1. The van der Waals surface area contributed by atoms with Gasteiger partial charge >= 0.3 is 5.97 Å². The molecule has 0 saturated heterocycles. The molecule has 2 rings (SSSR count). The zero-order chi connectivity index (χ0) is 26.0. The maximum absolute atomic E-state index is 13.0. The number of hydrogen-bond donors (Lipinski definition) is 1. The zero-order valence-electron chi connectivity index (χ0n) is 21.2. The van der Waals surface area contributed by atoms with Gasteiger partial charge in [0, 0.05) is 36.0 Å². The Kier molecular flexibility index (Phi) is 12.0. The molecular weight excluding hydrogens is 530 g/mol. The average Bonchev–Trinajstić information content (AvgIpc) is 3.19. The molecule has 35 heavy (non-hydrogen) atoms. The van der Waals surface area contributed by atoms with Crippen molar-refractivity contribution < 1.29 is 19.1 Å². The largest absolute Gasteiger partial charge is 0.465 e. The van der Waals surface area contributed by atoms with E-state index in [-0.39, 0.29) is 16.9 Å². The van der Waals surface area contributed by atoms with Crippen LogP contribution >= 0.6 is 27.7 Å². The highest BCUT2D eigenvalue weighted by atomic mass is 79.9. The van der Waals surface area contributed by atoms with Crippen LogP contribution in [0.2, 0.25) is 0 Å². The molecule has 192 valence electrons. The van der Waals surface area contributed by atoms with Crippen molar-refractivity contribution in [1.82, 2.24) is 14.9 Å². The summed E-state index contributed by atoms with van der Waals surface area (Å²) in [7, 11) is 1.36. The van der Waals surface area contributed by atoms with Crippen LogP contribution in [0.4, 0.5) is 0 Å². The third kappa shape index (κ3) is 9.11. The SMILES string of the molecule is CCCCc1ncc(CNC(=O)C(CSC(C)=O)CC(C)C)n1Cc1ccc(C(=O)OC)c(Br)c1. The monoisotopic (exact) mass is 565 g/mol. The molecule has 9 heteroatoms. The van der Waals surface area contributed by atoms with Crippen molar-refractivity contribution in [3.63, 3.8) is 0 Å². The second-order valence-electron chi connectivity index (χ2n) is 9.01. The maximum Gasteiger partial charge on any atom is 0.339 e. The minimum atomic E-state index is -0.392. The molecule has 1 aromatic carbocycles. The fourth-order valence-electron chi connectivity index (χ4n) is 3.80. The molecule has 0 spiro atoms. The number of nitrogens with zero attached hydrogens (tertiary/aromatic N) is 2. The second-order valence-corrected chi connectivity index (χ2v) is 11.1. The van der Waals surface area contributed by atoms with Gasteiger partial charge in [-0.1, -0.05) is 45.0 Å². The Morgan fingerprint density at radius 1 is 1.26 bits per heavy atom. The van der Waals surface area contributed by atoms with Gasteiger partial charge in [0.2, 0.25) is 5.91 Å². The smallest absolute Gasteiger partial charge is 0.339 e. The molecule has 1 aromatic heterocycles. The lowest BCUT2D eigenvalue weighted by molar-refractivity contribution is -0.125. The van der Waals surface area contributed by atoms with Gasteiger partial charge in [-0.15, -0.1) is 0 Å². The predicted molar refractivity (Wildman–Crippen MR) is 143 cm³/mol. The molecule has 1 heterocycles. The summed E-state index contributed by atoms with van der Waals surface area (Å²) < 4.78 is 7.64. The number of unbranched alkanes of at least 4 members (excludes halogenated alkanes) is 1. The van der Waals surface area contributed by atoms with E-state index in [0.717, 1.165) is 42.8 Å². The third-order valence-corrected chi connectivity index (χ3v) is 7.24. The Labute approximate surface area is 220 Å². The Balaban J connectivity index is 2.21. The molecule has 0 radical (unpaired) electrons. The van der Waals surface area contributed by atoms with E-state index in [1.54, 1.807) is 6.07 Å². The standard InChI is InChI=1S/C26H36BrN3O4S/c1-6-7-8-24-28-13-21(14-29-25(32)20(11-17(2)3)16-35-18(4)31)30(24)15-19-9-10-22(23(27)12-19)26(33)34-5/h9-10,12-13,17,20H,6-8,11,14-16H2,1-5H3,(H,29,32). The summed E-state index contributed by atoms with van der Waals surface area (Å²) >= 11 is 4.67. The number of hydrogen-bond acceptors (Lipinski definition) is 6. The Bertz CT molecular complexity index is 1020. The molecule has 1 unspecified atom stereocenters. The fraction of sp³-hybridized carbons (Fsp3) is 0.538. The highest BCUT2D eigenvalue weighted by Crippen LogP contribution is 2.22. The van der Waals surface area contributed by atoms with Crippen molar-refractivity contribution in [2.24, 2.45) is 11.8 Å². The lowest BCUT2D eigenvalue weighted by Gasteiger charge is -2.19. The summed E-state index contributed by atoms with van der Waals surface area (Å²) in [6.07, 6.45) is 5.48. The van der Waals surface area contributed by atoms with Crippen LogP contribution in [0.25, 0.3) is 0 Å². The van der Waals surface area contributed by atoms with E-state index in [1.165, 1.54) is 25.8 Å². The minimum absolute atomic E-state index is 0.0228. The number of nitrogens with one attached hydrogen (secondary N) is 1. The number of halogens is 1. The topological polar surface area (TPSA) is 90.3 Å². The molecule has 0 fully saturated rings. The van der Waals surface area contributed by atoms with E-state index in [0.29, 0.717) is 34.8 Å². The number of aromatic nitrogens is 2.